The number of furan rings is 1. The van der Waals surface area contributed by atoms with Crippen molar-refractivity contribution in [1.82, 2.24) is 0 Å². The third-order valence-electron chi connectivity index (χ3n) is 18.8. The second kappa shape index (κ2) is 16.8. The molecule has 0 N–H and O–H groups in total. The quantitative estimate of drug-likeness (QED) is 0.160. The first-order valence-corrected chi connectivity index (χ1v) is 28.5. The van der Waals surface area contributed by atoms with E-state index in [1.54, 1.807) is 0 Å². The smallest absolute Gasteiger partial charge is 0.252 e. The normalized spacial score (nSPS) is 17.6. The van der Waals surface area contributed by atoms with Crippen LogP contribution in [-0.4, -0.2) is 6.71 Å². The van der Waals surface area contributed by atoms with Crippen LogP contribution in [0.3, 0.4) is 0 Å². The predicted octanol–water partition coefficient (Wildman–Crippen LogP) is 18.4. The zero-order chi connectivity index (χ0) is 53.9. The van der Waals surface area contributed by atoms with Gasteiger partial charge in [-0.25, -0.2) is 0 Å². The van der Waals surface area contributed by atoms with Crippen molar-refractivity contribution in [2.45, 2.75) is 155 Å². The summed E-state index contributed by atoms with van der Waals surface area (Å²) in [5, 5.41) is 2.30. The van der Waals surface area contributed by atoms with E-state index in [-0.39, 0.29) is 39.2 Å². The molecule has 2 aliphatic carbocycles. The minimum atomic E-state index is -0.307. The van der Waals surface area contributed by atoms with Crippen molar-refractivity contribution in [3.8, 4) is 0 Å². The van der Waals surface area contributed by atoms with Gasteiger partial charge in [0.1, 0.15) is 11.2 Å². The van der Waals surface area contributed by atoms with Gasteiger partial charge in [0.15, 0.2) is 0 Å². The number of anilines is 9. The third kappa shape index (κ3) is 7.67. The first-order valence-electron chi connectivity index (χ1n) is 28.5. The number of hydrogen-bond acceptors (Lipinski definition) is 4. The molecule has 0 saturated carbocycles. The SMILES string of the molecule is CC(C)(C)c1cc2c3c(c1)N(c1ccc4c(oc5ccccc54)c1C(C)(C)C)c1cc(N(c4ccccc4)c4ccccc4)ccc1B3c1cc3c(cc1N2c1ccc2c(c1)C(C)(C)CCC2(C)C)C(C)(C)CCC3(C)C. The zero-order valence-electron chi connectivity index (χ0n) is 48.2. The molecular formula is C72H76BN3O. The Balaban J connectivity index is 1.19. The molecule has 4 nitrogen and oxygen atoms in total. The van der Waals surface area contributed by atoms with Crippen LogP contribution in [0.2, 0.25) is 0 Å². The molecule has 8 aromatic carbocycles. The van der Waals surface area contributed by atoms with Gasteiger partial charge in [-0.05, 0) is 187 Å². The Morgan fingerprint density at radius 2 is 0.974 bits per heavy atom. The Morgan fingerprint density at radius 1 is 0.429 bits per heavy atom. The van der Waals surface area contributed by atoms with E-state index < -0.39 is 0 Å². The summed E-state index contributed by atoms with van der Waals surface area (Å²) in [6.07, 6.45) is 4.64. The molecule has 5 heteroatoms. The number of para-hydroxylation sites is 3. The van der Waals surface area contributed by atoms with Crippen molar-refractivity contribution < 1.29 is 4.42 Å². The second-order valence-electron chi connectivity index (χ2n) is 27.9. The fourth-order valence-electron chi connectivity index (χ4n) is 14.2. The lowest BCUT2D eigenvalue weighted by Crippen LogP contribution is -2.62. The number of hydrogen-bond donors (Lipinski definition) is 0. The van der Waals surface area contributed by atoms with Crippen molar-refractivity contribution in [2.75, 3.05) is 14.7 Å². The largest absolute Gasteiger partial charge is 0.456 e. The van der Waals surface area contributed by atoms with Crippen LogP contribution in [0.5, 0.6) is 0 Å². The summed E-state index contributed by atoms with van der Waals surface area (Å²) in [4.78, 5) is 7.80. The van der Waals surface area contributed by atoms with Gasteiger partial charge in [-0.1, -0.05) is 170 Å². The van der Waals surface area contributed by atoms with Gasteiger partial charge in [-0.15, -0.1) is 0 Å². The van der Waals surface area contributed by atoms with Gasteiger partial charge in [0, 0.05) is 61.8 Å². The minimum Gasteiger partial charge on any atom is -0.456 e. The molecule has 388 valence electrons. The van der Waals surface area contributed by atoms with Crippen LogP contribution in [0, 0.1) is 0 Å². The molecule has 1 aromatic heterocycles. The van der Waals surface area contributed by atoms with Gasteiger partial charge < -0.3 is 19.1 Å². The first-order chi connectivity index (χ1) is 36.4. The van der Waals surface area contributed by atoms with E-state index in [0.29, 0.717) is 0 Å². The number of nitrogens with zero attached hydrogens (tertiary/aromatic N) is 3. The van der Waals surface area contributed by atoms with Crippen LogP contribution in [-0.2, 0) is 32.5 Å². The molecule has 0 spiro atoms. The molecule has 2 aliphatic heterocycles. The molecule has 0 saturated heterocycles. The fourth-order valence-corrected chi connectivity index (χ4v) is 14.2. The molecule has 0 atom stereocenters. The lowest BCUT2D eigenvalue weighted by Gasteiger charge is -2.48. The summed E-state index contributed by atoms with van der Waals surface area (Å²) >= 11 is 0. The van der Waals surface area contributed by atoms with E-state index in [0.717, 1.165) is 64.0 Å². The van der Waals surface area contributed by atoms with Gasteiger partial charge in [0.05, 0.1) is 5.69 Å². The Morgan fingerprint density at radius 3 is 1.58 bits per heavy atom. The monoisotopic (exact) mass is 1010 g/mol. The maximum absolute atomic E-state index is 7.09. The highest BCUT2D eigenvalue weighted by atomic mass is 16.3. The molecule has 0 bridgehead atoms. The first kappa shape index (κ1) is 49.6. The second-order valence-corrected chi connectivity index (χ2v) is 27.9. The molecule has 0 unspecified atom stereocenters. The fraction of sp³-hybridized carbons (Fsp3) is 0.333. The average molecular weight is 1010 g/mol. The van der Waals surface area contributed by atoms with Gasteiger partial charge >= 0.3 is 0 Å². The summed E-state index contributed by atoms with van der Waals surface area (Å²) in [6.45, 7) is 34.0. The lowest BCUT2D eigenvalue weighted by molar-refractivity contribution is 0.332. The van der Waals surface area contributed by atoms with E-state index in [4.69, 9.17) is 4.42 Å². The van der Waals surface area contributed by atoms with Crippen LogP contribution >= 0.6 is 0 Å². The third-order valence-corrected chi connectivity index (χ3v) is 18.8. The summed E-state index contributed by atoms with van der Waals surface area (Å²) < 4.78 is 7.09. The highest BCUT2D eigenvalue weighted by Gasteiger charge is 2.48. The van der Waals surface area contributed by atoms with Crippen LogP contribution < -0.4 is 31.1 Å². The van der Waals surface area contributed by atoms with Crippen molar-refractivity contribution in [3.05, 3.63) is 191 Å². The van der Waals surface area contributed by atoms with Gasteiger partial charge in [0.2, 0.25) is 0 Å². The highest BCUT2D eigenvalue weighted by molar-refractivity contribution is 7.00. The number of rotatable bonds is 5. The summed E-state index contributed by atoms with van der Waals surface area (Å²) in [7, 11) is 0. The topological polar surface area (TPSA) is 22.9 Å². The molecule has 4 aliphatic rings. The number of fused-ring (bicyclic) bond motifs is 9. The van der Waals surface area contributed by atoms with Crippen LogP contribution in [0.1, 0.15) is 156 Å². The molecular weight excluding hydrogens is 934 g/mol. The van der Waals surface area contributed by atoms with Crippen LogP contribution in [0.15, 0.2) is 162 Å². The van der Waals surface area contributed by atoms with E-state index in [1.807, 2.05) is 0 Å². The van der Waals surface area contributed by atoms with Crippen molar-refractivity contribution in [3.63, 3.8) is 0 Å². The van der Waals surface area contributed by atoms with Crippen LogP contribution in [0.4, 0.5) is 51.2 Å². The van der Waals surface area contributed by atoms with Crippen LogP contribution in [0.25, 0.3) is 21.9 Å². The minimum absolute atomic E-state index is 0.00814. The zero-order valence-corrected chi connectivity index (χ0v) is 48.2. The molecule has 77 heavy (non-hydrogen) atoms. The van der Waals surface area contributed by atoms with Gasteiger partial charge in [-0.3, -0.25) is 0 Å². The molecule has 0 radical (unpaired) electrons. The Bertz CT molecular complexity index is 3820. The van der Waals surface area contributed by atoms with Gasteiger partial charge in [-0.2, -0.15) is 0 Å². The maximum Gasteiger partial charge on any atom is 0.252 e. The van der Waals surface area contributed by atoms with E-state index >= 15 is 0 Å². The standard InChI is InChI=1S/C72H76BN3O/c1-67(2,3)45-39-61-65-62(40-45)76(58-34-31-51-50-27-21-22-28-63(50)77-66(51)64(58)68(4,5)6)59-42-49(74(46-23-17-15-18-24-46)47-25-19-16-20-26-47)30-33-56(59)73(65)57-43-54-55(72(13,14)38-37-71(54,11)12)44-60(57)75(61)48-29-32-52-53(41-48)70(9,10)36-35-69(52,7)8/h15-34,39-44H,35-38H2,1-14H3. The molecule has 0 fully saturated rings. The Hall–Kier alpha value is -6.98. The van der Waals surface area contributed by atoms with E-state index in [9.17, 15) is 0 Å². The highest BCUT2D eigenvalue weighted by Crippen LogP contribution is 2.55. The van der Waals surface area contributed by atoms with Crippen molar-refractivity contribution in [1.29, 1.82) is 0 Å². The summed E-state index contributed by atoms with van der Waals surface area (Å²) in [5.74, 6) is 0. The van der Waals surface area contributed by atoms with E-state index in [1.165, 1.54) is 84.6 Å². The van der Waals surface area contributed by atoms with Crippen molar-refractivity contribution >= 4 is 96.2 Å². The van der Waals surface area contributed by atoms with Gasteiger partial charge in [0.25, 0.3) is 6.71 Å². The van der Waals surface area contributed by atoms with E-state index in [2.05, 4.69) is 269 Å². The maximum atomic E-state index is 7.09. The Kier molecular flexibility index (Phi) is 10.8. The molecule has 0 amide bonds. The lowest BCUT2D eigenvalue weighted by atomic mass is 9.33. The molecule has 9 aromatic rings. The Labute approximate surface area is 459 Å². The summed E-state index contributed by atoms with van der Waals surface area (Å²) in [5.41, 5.74) is 24.7. The average Bonchev–Trinajstić information content (AvgIpc) is 3.93. The molecule has 13 rings (SSSR count). The predicted molar refractivity (Wildman–Crippen MR) is 330 cm³/mol. The number of benzene rings is 8. The van der Waals surface area contributed by atoms with Crippen molar-refractivity contribution in [2.24, 2.45) is 0 Å². The molecule has 3 heterocycles. The summed E-state index contributed by atoms with van der Waals surface area (Å²) in [6, 6.07) is 60.5.